The fraction of sp³-hybridized carbons (Fsp3) is 0.385. The van der Waals surface area contributed by atoms with Crippen LogP contribution in [0.25, 0.3) is 11.3 Å². The highest BCUT2D eigenvalue weighted by Gasteiger charge is 2.31. The van der Waals surface area contributed by atoms with Gasteiger partial charge in [-0.15, -0.1) is 10.2 Å². The Hall–Kier alpha value is -4.17. The summed E-state index contributed by atoms with van der Waals surface area (Å²) in [5.41, 5.74) is 3.57. The number of benzene rings is 1. The SMILES string of the molecule is Cn1cc(Nc2nccc(-c3ccc4c(c3)CCN(S(C)(=O)=O)C[C@@H]4NC(=O)c3nnc(C(C)(C)C)o3)n2)cn1. The zero-order chi connectivity index (χ0) is 28.7. The summed E-state index contributed by atoms with van der Waals surface area (Å²) in [5.74, 6) is 0.0137. The summed E-state index contributed by atoms with van der Waals surface area (Å²) in [4.78, 5) is 22.0. The largest absolute Gasteiger partial charge is 0.416 e. The number of sulfonamides is 1. The third-order valence-corrected chi connectivity index (χ3v) is 7.75. The minimum absolute atomic E-state index is 0.0733. The van der Waals surface area contributed by atoms with Gasteiger partial charge in [0.25, 0.3) is 0 Å². The van der Waals surface area contributed by atoms with Gasteiger partial charge in [0.15, 0.2) is 0 Å². The van der Waals surface area contributed by atoms with Crippen LogP contribution in [0.5, 0.6) is 0 Å². The Morgan fingerprint density at radius 1 is 1.18 bits per heavy atom. The molecule has 0 saturated carbocycles. The number of carbonyl (C=O) groups is 1. The molecule has 1 aliphatic heterocycles. The Balaban J connectivity index is 1.44. The number of hydrogen-bond donors (Lipinski definition) is 2. The van der Waals surface area contributed by atoms with Crippen molar-refractivity contribution >= 4 is 27.6 Å². The van der Waals surface area contributed by atoms with Gasteiger partial charge in [-0.1, -0.05) is 32.9 Å². The van der Waals surface area contributed by atoms with Crippen molar-refractivity contribution in [2.45, 2.75) is 38.6 Å². The molecule has 0 fully saturated rings. The van der Waals surface area contributed by atoms with Crippen LogP contribution < -0.4 is 10.6 Å². The molecule has 14 heteroatoms. The topological polar surface area (TPSA) is 161 Å². The van der Waals surface area contributed by atoms with Gasteiger partial charge in [-0.05, 0) is 29.7 Å². The lowest BCUT2D eigenvalue weighted by molar-refractivity contribution is 0.0894. The Kier molecular flexibility index (Phi) is 7.14. The van der Waals surface area contributed by atoms with Crippen molar-refractivity contribution < 1.29 is 17.6 Å². The highest BCUT2D eigenvalue weighted by atomic mass is 32.2. The highest BCUT2D eigenvalue weighted by molar-refractivity contribution is 7.88. The van der Waals surface area contributed by atoms with Gasteiger partial charge in [-0.3, -0.25) is 9.48 Å². The Bertz CT molecular complexity index is 1660. The van der Waals surface area contributed by atoms with E-state index >= 15 is 0 Å². The van der Waals surface area contributed by atoms with Crippen molar-refractivity contribution in [2.24, 2.45) is 7.05 Å². The smallest absolute Gasteiger partial charge is 0.309 e. The van der Waals surface area contributed by atoms with Gasteiger partial charge in [0, 0.05) is 43.5 Å². The van der Waals surface area contributed by atoms with Gasteiger partial charge in [0.05, 0.1) is 29.9 Å². The molecule has 1 amide bonds. The third kappa shape index (κ3) is 6.02. The predicted molar refractivity (Wildman–Crippen MR) is 147 cm³/mol. The van der Waals surface area contributed by atoms with E-state index in [1.807, 2.05) is 52.2 Å². The fourth-order valence-electron chi connectivity index (χ4n) is 4.42. The summed E-state index contributed by atoms with van der Waals surface area (Å²) in [6.45, 7) is 6.06. The van der Waals surface area contributed by atoms with Crippen LogP contribution in [-0.2, 0) is 28.9 Å². The van der Waals surface area contributed by atoms with Crippen LogP contribution in [-0.4, -0.2) is 67.9 Å². The number of aryl methyl sites for hydroxylation is 1. The van der Waals surface area contributed by atoms with Crippen LogP contribution in [0, 0.1) is 0 Å². The van der Waals surface area contributed by atoms with Crippen LogP contribution in [0.15, 0.2) is 47.3 Å². The second kappa shape index (κ2) is 10.4. The average molecular weight is 566 g/mol. The van der Waals surface area contributed by atoms with Crippen molar-refractivity contribution in [1.82, 2.24) is 39.6 Å². The van der Waals surface area contributed by atoms with E-state index in [1.165, 1.54) is 10.6 Å². The van der Waals surface area contributed by atoms with Gasteiger partial charge in [-0.2, -0.15) is 9.40 Å². The molecule has 5 rings (SSSR count). The lowest BCUT2D eigenvalue weighted by atomic mass is 9.96. The minimum Gasteiger partial charge on any atom is -0.416 e. The molecule has 4 aromatic rings. The molecular formula is C26H31N9O4S. The lowest BCUT2D eigenvalue weighted by Gasteiger charge is -2.23. The number of amides is 1. The molecule has 1 aliphatic rings. The first-order valence-corrected chi connectivity index (χ1v) is 14.5. The summed E-state index contributed by atoms with van der Waals surface area (Å²) >= 11 is 0. The number of aromatic nitrogens is 6. The van der Waals surface area contributed by atoms with E-state index < -0.39 is 27.4 Å². The van der Waals surface area contributed by atoms with Gasteiger partial charge in [0.1, 0.15) is 0 Å². The van der Waals surface area contributed by atoms with Crippen LogP contribution in [0.4, 0.5) is 11.6 Å². The van der Waals surface area contributed by atoms with Gasteiger partial charge in [-0.25, -0.2) is 18.4 Å². The average Bonchev–Trinajstić information content (AvgIpc) is 3.50. The monoisotopic (exact) mass is 565 g/mol. The van der Waals surface area contributed by atoms with Crippen LogP contribution >= 0.6 is 0 Å². The molecule has 40 heavy (non-hydrogen) atoms. The number of nitrogens with one attached hydrogen (secondary N) is 2. The molecule has 3 aromatic heterocycles. The quantitative estimate of drug-likeness (QED) is 0.355. The number of hydrogen-bond acceptors (Lipinski definition) is 10. The van der Waals surface area contributed by atoms with E-state index in [2.05, 4.69) is 35.9 Å². The molecule has 210 valence electrons. The molecule has 0 saturated heterocycles. The summed E-state index contributed by atoms with van der Waals surface area (Å²) < 4.78 is 33.7. The molecule has 1 atom stereocenters. The van der Waals surface area contributed by atoms with Crippen LogP contribution in [0.3, 0.4) is 0 Å². The zero-order valence-corrected chi connectivity index (χ0v) is 23.7. The van der Waals surface area contributed by atoms with E-state index in [4.69, 9.17) is 4.42 Å². The van der Waals surface area contributed by atoms with Crippen molar-refractivity contribution in [3.8, 4) is 11.3 Å². The summed E-state index contributed by atoms with van der Waals surface area (Å²) in [6.07, 6.45) is 6.79. The van der Waals surface area contributed by atoms with Crippen LogP contribution in [0.1, 0.15) is 54.5 Å². The van der Waals surface area contributed by atoms with Crippen molar-refractivity contribution in [3.63, 3.8) is 0 Å². The molecular weight excluding hydrogens is 534 g/mol. The van der Waals surface area contributed by atoms with Gasteiger partial charge < -0.3 is 15.1 Å². The molecule has 0 spiro atoms. The molecule has 2 N–H and O–H groups in total. The molecule has 0 unspecified atom stereocenters. The molecule has 0 bridgehead atoms. The second-order valence-corrected chi connectivity index (χ2v) is 12.7. The summed E-state index contributed by atoms with van der Waals surface area (Å²) in [5, 5.41) is 18.1. The maximum atomic E-state index is 13.1. The number of anilines is 2. The third-order valence-electron chi connectivity index (χ3n) is 6.48. The summed E-state index contributed by atoms with van der Waals surface area (Å²) in [7, 11) is -1.69. The second-order valence-electron chi connectivity index (χ2n) is 10.8. The molecule has 4 heterocycles. The first-order chi connectivity index (χ1) is 18.9. The first kappa shape index (κ1) is 27.4. The van der Waals surface area contributed by atoms with Gasteiger partial charge >= 0.3 is 11.8 Å². The molecule has 13 nitrogen and oxygen atoms in total. The van der Waals surface area contributed by atoms with Crippen molar-refractivity contribution in [3.05, 3.63) is 65.8 Å². The normalized spacial score (nSPS) is 16.3. The van der Waals surface area contributed by atoms with E-state index in [0.717, 1.165) is 22.4 Å². The summed E-state index contributed by atoms with van der Waals surface area (Å²) in [6, 6.07) is 6.94. The standard InChI is InChI=1S/C26H31N9O4S/c1-26(2,3)24-33-32-23(39-24)22(36)30-21-15-35(40(5,37)38)11-9-16-12-17(6-7-19(16)21)20-8-10-27-25(31-20)29-18-13-28-34(4)14-18/h6-8,10,12-14,21H,9,11,15H2,1-5H3,(H,30,36)(H,27,29,31)/t21-/m0/s1. The predicted octanol–water partition coefficient (Wildman–Crippen LogP) is 2.59. The number of carbonyl (C=O) groups excluding carboxylic acids is 1. The van der Waals surface area contributed by atoms with Crippen molar-refractivity contribution in [2.75, 3.05) is 24.7 Å². The van der Waals surface area contributed by atoms with Gasteiger partial charge in [0.2, 0.25) is 21.9 Å². The number of nitrogens with zero attached hydrogens (tertiary/aromatic N) is 7. The molecule has 0 radical (unpaired) electrons. The zero-order valence-electron chi connectivity index (χ0n) is 22.9. The van der Waals surface area contributed by atoms with E-state index in [9.17, 15) is 13.2 Å². The number of fused-ring (bicyclic) bond motifs is 1. The first-order valence-electron chi connectivity index (χ1n) is 12.7. The van der Waals surface area contributed by atoms with E-state index in [1.54, 1.807) is 23.1 Å². The molecule has 0 aliphatic carbocycles. The molecule has 1 aromatic carbocycles. The Morgan fingerprint density at radius 3 is 2.65 bits per heavy atom. The maximum absolute atomic E-state index is 13.1. The Morgan fingerprint density at radius 2 is 1.98 bits per heavy atom. The van der Waals surface area contributed by atoms with Crippen molar-refractivity contribution in [1.29, 1.82) is 0 Å². The van der Waals surface area contributed by atoms with Crippen LogP contribution in [0.2, 0.25) is 0 Å². The fourth-order valence-corrected chi connectivity index (χ4v) is 5.26. The Labute approximate surface area is 232 Å². The maximum Gasteiger partial charge on any atom is 0.309 e. The van der Waals surface area contributed by atoms with E-state index in [0.29, 0.717) is 24.0 Å². The van der Waals surface area contributed by atoms with E-state index in [-0.39, 0.29) is 19.0 Å². The lowest BCUT2D eigenvalue weighted by Crippen LogP contribution is -2.39. The minimum atomic E-state index is -3.52. The highest BCUT2D eigenvalue weighted by Crippen LogP contribution is 2.30. The number of rotatable bonds is 6.